The Morgan fingerprint density at radius 2 is 1.95 bits per heavy atom. The van der Waals surface area contributed by atoms with E-state index in [2.05, 4.69) is 6.07 Å². The molecule has 4 heteroatoms. The van der Waals surface area contributed by atoms with Crippen LogP contribution in [0.15, 0.2) is 47.4 Å². The molecular formula is C17H18O3S. The normalized spacial score (nSPS) is 10.4. The topological polar surface area (TPSA) is 46.5 Å². The fraction of sp³-hybridized carbons (Fsp3) is 0.235. The van der Waals surface area contributed by atoms with Crippen LogP contribution in [0.5, 0.6) is 5.75 Å². The van der Waals surface area contributed by atoms with Crippen LogP contribution in [0.3, 0.4) is 0 Å². The molecule has 110 valence electrons. The summed E-state index contributed by atoms with van der Waals surface area (Å²) >= 11 is 1.66. The first kappa shape index (κ1) is 15.4. The number of benzene rings is 2. The highest BCUT2D eigenvalue weighted by Crippen LogP contribution is 2.29. The minimum Gasteiger partial charge on any atom is -0.493 e. The number of hydrogen-bond donors (Lipinski definition) is 1. The van der Waals surface area contributed by atoms with E-state index in [-0.39, 0.29) is 5.56 Å². The van der Waals surface area contributed by atoms with Crippen molar-refractivity contribution in [3.05, 3.63) is 48.0 Å². The summed E-state index contributed by atoms with van der Waals surface area (Å²) in [6.07, 6.45) is 2.86. The number of aromatic carboxylic acids is 1. The van der Waals surface area contributed by atoms with Crippen molar-refractivity contribution >= 4 is 17.7 Å². The Hall–Kier alpha value is -1.94. The summed E-state index contributed by atoms with van der Waals surface area (Å²) in [5.41, 5.74) is 2.09. The molecule has 0 radical (unpaired) electrons. The average molecular weight is 302 g/mol. The van der Waals surface area contributed by atoms with E-state index >= 15 is 0 Å². The van der Waals surface area contributed by atoms with E-state index in [1.807, 2.05) is 37.4 Å². The lowest BCUT2D eigenvalue weighted by Crippen LogP contribution is -2.04. The van der Waals surface area contributed by atoms with Crippen molar-refractivity contribution in [2.45, 2.75) is 18.2 Å². The van der Waals surface area contributed by atoms with Crippen LogP contribution in [-0.4, -0.2) is 23.9 Å². The van der Waals surface area contributed by atoms with E-state index in [0.717, 1.165) is 22.4 Å². The van der Waals surface area contributed by atoms with Crippen molar-refractivity contribution in [3.63, 3.8) is 0 Å². The lowest BCUT2D eigenvalue weighted by atomic mass is 10.0. The molecule has 0 bridgehead atoms. The van der Waals surface area contributed by atoms with E-state index in [1.54, 1.807) is 23.9 Å². The summed E-state index contributed by atoms with van der Waals surface area (Å²) < 4.78 is 5.50. The lowest BCUT2D eigenvalue weighted by Gasteiger charge is -2.11. The first-order chi connectivity index (χ1) is 10.2. The van der Waals surface area contributed by atoms with Crippen LogP contribution in [0.1, 0.15) is 23.7 Å². The lowest BCUT2D eigenvalue weighted by molar-refractivity contribution is 0.0692. The van der Waals surface area contributed by atoms with Gasteiger partial charge in [-0.3, -0.25) is 0 Å². The largest absolute Gasteiger partial charge is 0.493 e. The number of rotatable bonds is 6. The number of carboxylic acid groups (broad SMARTS) is 1. The van der Waals surface area contributed by atoms with Gasteiger partial charge in [0.05, 0.1) is 6.61 Å². The minimum atomic E-state index is -0.969. The van der Waals surface area contributed by atoms with E-state index in [1.165, 1.54) is 0 Å². The summed E-state index contributed by atoms with van der Waals surface area (Å²) in [6, 6.07) is 13.4. The van der Waals surface area contributed by atoms with Gasteiger partial charge in [-0.1, -0.05) is 25.1 Å². The van der Waals surface area contributed by atoms with Gasteiger partial charge in [0.25, 0.3) is 0 Å². The predicted molar refractivity (Wildman–Crippen MR) is 86.4 cm³/mol. The van der Waals surface area contributed by atoms with Gasteiger partial charge >= 0.3 is 5.97 Å². The molecule has 0 aliphatic heterocycles. The second kappa shape index (κ2) is 7.18. The second-order valence-corrected chi connectivity index (χ2v) is 5.48. The quantitative estimate of drug-likeness (QED) is 0.794. The number of thioether (sulfide) groups is 1. The van der Waals surface area contributed by atoms with Crippen molar-refractivity contribution in [3.8, 4) is 16.9 Å². The Labute approximate surface area is 129 Å². The molecule has 0 fully saturated rings. The summed E-state index contributed by atoms with van der Waals surface area (Å²) in [6.45, 7) is 2.50. The van der Waals surface area contributed by atoms with Gasteiger partial charge in [0.1, 0.15) is 11.3 Å². The number of carbonyl (C=O) groups is 1. The molecule has 0 spiro atoms. The standard InChI is InChI=1S/C17H18O3S/c1-3-9-20-16-8-7-13(11-15(16)17(18)19)12-5-4-6-14(10-12)21-2/h4-8,10-11H,3,9H2,1-2H3,(H,18,19). The zero-order chi connectivity index (χ0) is 15.2. The summed E-state index contributed by atoms with van der Waals surface area (Å²) in [7, 11) is 0. The van der Waals surface area contributed by atoms with Crippen LogP contribution in [0.4, 0.5) is 0 Å². The van der Waals surface area contributed by atoms with Crippen LogP contribution in [0.2, 0.25) is 0 Å². The summed E-state index contributed by atoms with van der Waals surface area (Å²) in [4.78, 5) is 12.6. The highest BCUT2D eigenvalue weighted by atomic mass is 32.2. The monoisotopic (exact) mass is 302 g/mol. The Balaban J connectivity index is 2.41. The molecule has 2 aromatic carbocycles. The van der Waals surface area contributed by atoms with Gasteiger partial charge in [-0.05, 0) is 48.1 Å². The molecule has 1 N–H and O–H groups in total. The maximum Gasteiger partial charge on any atom is 0.339 e. The third-order valence-corrected chi connectivity index (χ3v) is 3.80. The highest BCUT2D eigenvalue weighted by molar-refractivity contribution is 7.98. The van der Waals surface area contributed by atoms with Gasteiger partial charge in [0, 0.05) is 4.90 Å². The number of carboxylic acids is 1. The maximum absolute atomic E-state index is 11.4. The summed E-state index contributed by atoms with van der Waals surface area (Å²) in [5, 5.41) is 9.35. The molecule has 0 aromatic heterocycles. The minimum absolute atomic E-state index is 0.204. The molecule has 0 aliphatic rings. The maximum atomic E-state index is 11.4. The van der Waals surface area contributed by atoms with Crippen LogP contribution in [0, 0.1) is 0 Å². The molecule has 2 rings (SSSR count). The van der Waals surface area contributed by atoms with Crippen molar-refractivity contribution < 1.29 is 14.6 Å². The smallest absolute Gasteiger partial charge is 0.339 e. The zero-order valence-corrected chi connectivity index (χ0v) is 12.9. The Morgan fingerprint density at radius 1 is 1.19 bits per heavy atom. The molecule has 2 aromatic rings. The molecular weight excluding hydrogens is 284 g/mol. The van der Waals surface area contributed by atoms with Crippen LogP contribution < -0.4 is 4.74 Å². The molecule has 0 saturated carbocycles. The predicted octanol–water partition coefficient (Wildman–Crippen LogP) is 4.56. The van der Waals surface area contributed by atoms with Crippen molar-refractivity contribution in [1.29, 1.82) is 0 Å². The third-order valence-electron chi connectivity index (χ3n) is 3.07. The first-order valence-electron chi connectivity index (χ1n) is 6.80. The van der Waals surface area contributed by atoms with Gasteiger partial charge < -0.3 is 9.84 Å². The number of hydrogen-bond acceptors (Lipinski definition) is 3. The van der Waals surface area contributed by atoms with Gasteiger partial charge in [0.2, 0.25) is 0 Å². The fourth-order valence-electron chi connectivity index (χ4n) is 2.02. The fourth-order valence-corrected chi connectivity index (χ4v) is 2.48. The van der Waals surface area contributed by atoms with E-state index < -0.39 is 5.97 Å². The van der Waals surface area contributed by atoms with Gasteiger partial charge in [-0.25, -0.2) is 4.79 Å². The SMILES string of the molecule is CCCOc1ccc(-c2cccc(SC)c2)cc1C(=O)O. The molecule has 0 saturated heterocycles. The molecule has 0 atom stereocenters. The van der Waals surface area contributed by atoms with Crippen LogP contribution in [-0.2, 0) is 0 Å². The van der Waals surface area contributed by atoms with Gasteiger partial charge in [-0.2, -0.15) is 0 Å². The Bertz CT molecular complexity index is 638. The van der Waals surface area contributed by atoms with Crippen LogP contribution >= 0.6 is 11.8 Å². The molecule has 0 heterocycles. The molecule has 0 amide bonds. The van der Waals surface area contributed by atoms with E-state index in [4.69, 9.17) is 4.74 Å². The Kier molecular flexibility index (Phi) is 5.28. The molecule has 21 heavy (non-hydrogen) atoms. The van der Waals surface area contributed by atoms with Crippen LogP contribution in [0.25, 0.3) is 11.1 Å². The highest BCUT2D eigenvalue weighted by Gasteiger charge is 2.13. The van der Waals surface area contributed by atoms with Gasteiger partial charge in [0.15, 0.2) is 0 Å². The van der Waals surface area contributed by atoms with E-state index in [9.17, 15) is 9.90 Å². The van der Waals surface area contributed by atoms with E-state index in [0.29, 0.717) is 12.4 Å². The van der Waals surface area contributed by atoms with Crippen molar-refractivity contribution in [1.82, 2.24) is 0 Å². The molecule has 0 unspecified atom stereocenters. The van der Waals surface area contributed by atoms with Crippen molar-refractivity contribution in [2.24, 2.45) is 0 Å². The molecule has 3 nitrogen and oxygen atoms in total. The Morgan fingerprint density at radius 3 is 2.62 bits per heavy atom. The zero-order valence-electron chi connectivity index (χ0n) is 12.1. The molecule has 0 aliphatic carbocycles. The average Bonchev–Trinajstić information content (AvgIpc) is 2.52. The summed E-state index contributed by atoms with van der Waals surface area (Å²) in [5.74, 6) is -0.543. The van der Waals surface area contributed by atoms with Gasteiger partial charge in [-0.15, -0.1) is 11.8 Å². The van der Waals surface area contributed by atoms with Crippen molar-refractivity contribution in [2.75, 3.05) is 12.9 Å². The second-order valence-electron chi connectivity index (χ2n) is 4.60. The first-order valence-corrected chi connectivity index (χ1v) is 8.02. The third kappa shape index (κ3) is 3.79. The number of ether oxygens (including phenoxy) is 1.